The molecule has 0 heterocycles. The van der Waals surface area contributed by atoms with Crippen LogP contribution in [0.2, 0.25) is 0 Å². The topological polar surface area (TPSA) is 63.3 Å². The number of hydrogen-bond acceptors (Lipinski definition) is 2. The number of carbonyl (C=O) groups is 1. The summed E-state index contributed by atoms with van der Waals surface area (Å²) in [6.07, 6.45) is 0. The standard InChI is InChI=1S/C13H9F2NO2/c14-8-3-7(4-9(15)5-8)12-6-10(16)1-2-11(12)13(17)18/h1-6H,16H2,(H,17,18). The number of nitrogens with two attached hydrogens (primary N) is 1. The lowest BCUT2D eigenvalue weighted by Crippen LogP contribution is -2.01. The number of hydrogen-bond donors (Lipinski definition) is 2. The molecule has 2 aromatic carbocycles. The molecule has 0 aliphatic rings. The minimum Gasteiger partial charge on any atom is -0.478 e. The van der Waals surface area contributed by atoms with E-state index < -0.39 is 17.6 Å². The van der Waals surface area contributed by atoms with E-state index in [1.807, 2.05) is 0 Å². The largest absolute Gasteiger partial charge is 0.478 e. The molecule has 3 N–H and O–H groups in total. The van der Waals surface area contributed by atoms with E-state index in [0.717, 1.165) is 18.2 Å². The molecule has 0 spiro atoms. The fourth-order valence-electron chi connectivity index (χ4n) is 1.70. The fourth-order valence-corrected chi connectivity index (χ4v) is 1.70. The molecular formula is C13H9F2NO2. The van der Waals surface area contributed by atoms with Gasteiger partial charge in [-0.25, -0.2) is 13.6 Å². The summed E-state index contributed by atoms with van der Waals surface area (Å²) in [5.41, 5.74) is 6.14. The Morgan fingerprint density at radius 2 is 1.67 bits per heavy atom. The lowest BCUT2D eigenvalue weighted by atomic mass is 9.99. The maximum absolute atomic E-state index is 13.1. The van der Waals surface area contributed by atoms with Crippen LogP contribution in [0.4, 0.5) is 14.5 Å². The van der Waals surface area contributed by atoms with Gasteiger partial charge in [-0.15, -0.1) is 0 Å². The van der Waals surface area contributed by atoms with Crippen LogP contribution in [0.5, 0.6) is 0 Å². The second-order valence-electron chi connectivity index (χ2n) is 3.77. The minimum atomic E-state index is -1.19. The molecule has 0 amide bonds. The van der Waals surface area contributed by atoms with Crippen LogP contribution < -0.4 is 5.73 Å². The van der Waals surface area contributed by atoms with E-state index in [1.165, 1.54) is 18.2 Å². The Labute approximate surface area is 101 Å². The first kappa shape index (κ1) is 12.0. The average Bonchev–Trinajstić information content (AvgIpc) is 2.27. The van der Waals surface area contributed by atoms with Gasteiger partial charge in [0.2, 0.25) is 0 Å². The van der Waals surface area contributed by atoms with Gasteiger partial charge in [0.1, 0.15) is 11.6 Å². The Morgan fingerprint density at radius 1 is 1.06 bits per heavy atom. The van der Waals surface area contributed by atoms with Gasteiger partial charge in [-0.2, -0.15) is 0 Å². The van der Waals surface area contributed by atoms with Gasteiger partial charge >= 0.3 is 5.97 Å². The maximum Gasteiger partial charge on any atom is 0.336 e. The molecular weight excluding hydrogens is 240 g/mol. The molecule has 0 fully saturated rings. The smallest absolute Gasteiger partial charge is 0.336 e. The summed E-state index contributed by atoms with van der Waals surface area (Å²) < 4.78 is 26.3. The molecule has 0 aliphatic heterocycles. The Balaban J connectivity index is 2.68. The van der Waals surface area contributed by atoms with Crippen LogP contribution in [0.25, 0.3) is 11.1 Å². The van der Waals surface area contributed by atoms with Gasteiger partial charge in [-0.3, -0.25) is 0 Å². The number of benzene rings is 2. The van der Waals surface area contributed by atoms with Crippen LogP contribution in [0.15, 0.2) is 36.4 Å². The summed E-state index contributed by atoms with van der Waals surface area (Å²) in [5.74, 6) is -2.73. The summed E-state index contributed by atoms with van der Waals surface area (Å²) in [6, 6.07) is 6.93. The van der Waals surface area contributed by atoms with Gasteiger partial charge < -0.3 is 10.8 Å². The molecule has 3 nitrogen and oxygen atoms in total. The normalized spacial score (nSPS) is 10.3. The Hall–Kier alpha value is -2.43. The third-order valence-corrected chi connectivity index (χ3v) is 2.45. The quantitative estimate of drug-likeness (QED) is 0.804. The summed E-state index contributed by atoms with van der Waals surface area (Å²) in [7, 11) is 0. The molecule has 2 rings (SSSR count). The highest BCUT2D eigenvalue weighted by Gasteiger charge is 2.13. The molecule has 0 aromatic heterocycles. The van der Waals surface area contributed by atoms with Gasteiger partial charge in [0, 0.05) is 11.8 Å². The zero-order valence-electron chi connectivity index (χ0n) is 9.15. The summed E-state index contributed by atoms with van der Waals surface area (Å²) >= 11 is 0. The van der Waals surface area contributed by atoms with Gasteiger partial charge in [0.25, 0.3) is 0 Å². The van der Waals surface area contributed by atoms with Crippen LogP contribution in [0.1, 0.15) is 10.4 Å². The van der Waals surface area contributed by atoms with E-state index in [1.54, 1.807) is 0 Å². The first-order chi connectivity index (χ1) is 8.47. The van der Waals surface area contributed by atoms with Crippen LogP contribution >= 0.6 is 0 Å². The van der Waals surface area contributed by atoms with Crippen molar-refractivity contribution >= 4 is 11.7 Å². The zero-order valence-corrected chi connectivity index (χ0v) is 9.15. The molecule has 92 valence electrons. The van der Waals surface area contributed by atoms with Crippen LogP contribution in [-0.4, -0.2) is 11.1 Å². The van der Waals surface area contributed by atoms with Gasteiger partial charge in [0.15, 0.2) is 0 Å². The van der Waals surface area contributed by atoms with Gasteiger partial charge in [0.05, 0.1) is 5.56 Å². The number of carboxylic acids is 1. The van der Waals surface area contributed by atoms with Crippen molar-refractivity contribution < 1.29 is 18.7 Å². The molecule has 0 saturated carbocycles. The second kappa shape index (κ2) is 4.44. The van der Waals surface area contributed by atoms with E-state index in [-0.39, 0.29) is 16.7 Å². The summed E-state index contributed by atoms with van der Waals surface area (Å²) in [6.45, 7) is 0. The van der Waals surface area contributed by atoms with E-state index >= 15 is 0 Å². The highest BCUT2D eigenvalue weighted by molar-refractivity contribution is 5.96. The van der Waals surface area contributed by atoms with Crippen molar-refractivity contribution in [3.8, 4) is 11.1 Å². The van der Waals surface area contributed by atoms with Crippen molar-refractivity contribution in [3.63, 3.8) is 0 Å². The monoisotopic (exact) mass is 249 g/mol. The Morgan fingerprint density at radius 3 is 2.22 bits per heavy atom. The predicted molar refractivity (Wildman–Crippen MR) is 63.2 cm³/mol. The molecule has 5 heteroatoms. The van der Waals surface area contributed by atoms with Crippen molar-refractivity contribution in [2.75, 3.05) is 5.73 Å². The fraction of sp³-hybridized carbons (Fsp3) is 0. The van der Waals surface area contributed by atoms with Crippen molar-refractivity contribution in [1.82, 2.24) is 0 Å². The zero-order chi connectivity index (χ0) is 13.3. The van der Waals surface area contributed by atoms with Crippen LogP contribution in [-0.2, 0) is 0 Å². The molecule has 2 aromatic rings. The molecule has 18 heavy (non-hydrogen) atoms. The van der Waals surface area contributed by atoms with Gasteiger partial charge in [-0.05, 0) is 41.5 Å². The lowest BCUT2D eigenvalue weighted by Gasteiger charge is -2.08. The number of rotatable bonds is 2. The van der Waals surface area contributed by atoms with E-state index in [4.69, 9.17) is 10.8 Å². The maximum atomic E-state index is 13.1. The molecule has 0 saturated heterocycles. The van der Waals surface area contributed by atoms with Crippen molar-refractivity contribution in [2.24, 2.45) is 0 Å². The number of nitrogen functional groups attached to an aromatic ring is 1. The average molecular weight is 249 g/mol. The molecule has 0 atom stereocenters. The summed E-state index contributed by atoms with van der Waals surface area (Å²) in [5, 5.41) is 9.03. The lowest BCUT2D eigenvalue weighted by molar-refractivity contribution is 0.0697. The highest BCUT2D eigenvalue weighted by Crippen LogP contribution is 2.27. The Kier molecular flexibility index (Phi) is 2.97. The first-order valence-electron chi connectivity index (χ1n) is 5.06. The van der Waals surface area contributed by atoms with Crippen LogP contribution in [0.3, 0.4) is 0 Å². The third kappa shape index (κ3) is 2.29. The summed E-state index contributed by atoms with van der Waals surface area (Å²) in [4.78, 5) is 11.0. The Bertz CT molecular complexity index is 606. The molecule has 0 bridgehead atoms. The van der Waals surface area contributed by atoms with E-state index in [9.17, 15) is 13.6 Å². The SMILES string of the molecule is Nc1ccc(C(=O)O)c(-c2cc(F)cc(F)c2)c1. The highest BCUT2D eigenvalue weighted by atomic mass is 19.1. The van der Waals surface area contributed by atoms with E-state index in [0.29, 0.717) is 5.69 Å². The number of anilines is 1. The van der Waals surface area contributed by atoms with Crippen LogP contribution in [0, 0.1) is 11.6 Å². The first-order valence-corrected chi connectivity index (χ1v) is 5.06. The number of aromatic carboxylic acids is 1. The van der Waals surface area contributed by atoms with Gasteiger partial charge in [-0.1, -0.05) is 0 Å². The molecule has 0 radical (unpaired) electrons. The van der Waals surface area contributed by atoms with E-state index in [2.05, 4.69) is 0 Å². The van der Waals surface area contributed by atoms with Crippen molar-refractivity contribution in [2.45, 2.75) is 0 Å². The third-order valence-electron chi connectivity index (χ3n) is 2.45. The molecule has 0 unspecified atom stereocenters. The predicted octanol–water partition coefficient (Wildman–Crippen LogP) is 2.91. The van der Waals surface area contributed by atoms with Crippen molar-refractivity contribution in [3.05, 3.63) is 53.6 Å². The minimum absolute atomic E-state index is 0.0609. The second-order valence-corrected chi connectivity index (χ2v) is 3.77. The number of carboxylic acid groups (broad SMARTS) is 1. The number of halogens is 2. The van der Waals surface area contributed by atoms with Crippen molar-refractivity contribution in [1.29, 1.82) is 0 Å². The molecule has 0 aliphatic carbocycles.